The van der Waals surface area contributed by atoms with Crippen molar-refractivity contribution in [3.8, 4) is 0 Å². The smallest absolute Gasteiger partial charge is 0.334 e. The summed E-state index contributed by atoms with van der Waals surface area (Å²) >= 11 is 0. The van der Waals surface area contributed by atoms with E-state index in [-0.39, 0.29) is 25.6 Å². The summed E-state index contributed by atoms with van der Waals surface area (Å²) in [4.78, 5) is 24.3. The number of aliphatic hydroxyl groups is 1. The fourth-order valence-electron chi connectivity index (χ4n) is 4.11. The molecule has 0 aromatic rings. The van der Waals surface area contributed by atoms with Crippen LogP contribution in [0.15, 0.2) is 11.6 Å². The molecule has 0 amide bonds. The van der Waals surface area contributed by atoms with Gasteiger partial charge in [0.25, 0.3) is 0 Å². The van der Waals surface area contributed by atoms with Gasteiger partial charge in [0.15, 0.2) is 5.60 Å². The lowest BCUT2D eigenvalue weighted by Gasteiger charge is -2.26. The first-order chi connectivity index (χ1) is 16.2. The third kappa shape index (κ3) is 12.9. The third-order valence-electron chi connectivity index (χ3n) is 6.39. The first kappa shape index (κ1) is 30.6. The second-order valence-electron chi connectivity index (χ2n) is 10.8. The maximum atomic E-state index is 12.2. The van der Waals surface area contributed by atoms with Crippen LogP contribution in [0.3, 0.4) is 0 Å². The largest absolute Gasteiger partial charge is 0.461 e. The highest BCUT2D eigenvalue weighted by Crippen LogP contribution is 2.32. The quantitative estimate of drug-likeness (QED) is 0.132. The summed E-state index contributed by atoms with van der Waals surface area (Å²) in [7, 11) is 1.77. The number of esters is 2. The number of aliphatic hydroxyl groups excluding tert-OH is 1. The molecule has 34 heavy (non-hydrogen) atoms. The Balaban J connectivity index is 2.09. The minimum absolute atomic E-state index is 0.114. The van der Waals surface area contributed by atoms with E-state index in [1.54, 1.807) is 27.9 Å². The van der Waals surface area contributed by atoms with Crippen molar-refractivity contribution >= 4 is 11.9 Å². The molecule has 1 rings (SSSR count). The van der Waals surface area contributed by atoms with Gasteiger partial charge in [-0.05, 0) is 40.0 Å². The Bertz CT molecular complexity index is 607. The maximum absolute atomic E-state index is 12.2. The topological polar surface area (TPSA) is 82.1 Å². The molecule has 0 radical (unpaired) electrons. The summed E-state index contributed by atoms with van der Waals surface area (Å²) in [5.41, 5.74) is -1.20. The van der Waals surface area contributed by atoms with Crippen LogP contribution < -0.4 is 0 Å². The van der Waals surface area contributed by atoms with Gasteiger partial charge in [-0.15, -0.1) is 0 Å². The molecule has 1 heterocycles. The predicted molar refractivity (Wildman–Crippen MR) is 136 cm³/mol. The van der Waals surface area contributed by atoms with Crippen LogP contribution >= 0.6 is 0 Å². The molecule has 1 saturated heterocycles. The van der Waals surface area contributed by atoms with Crippen LogP contribution in [0.25, 0.3) is 0 Å². The van der Waals surface area contributed by atoms with Gasteiger partial charge in [-0.3, -0.25) is 4.79 Å². The molecule has 1 atom stereocenters. The van der Waals surface area contributed by atoms with Crippen molar-refractivity contribution in [2.45, 2.75) is 123 Å². The monoisotopic (exact) mass is 482 g/mol. The van der Waals surface area contributed by atoms with Crippen LogP contribution in [0.4, 0.5) is 0 Å². The second kappa shape index (κ2) is 17.1. The van der Waals surface area contributed by atoms with E-state index >= 15 is 0 Å². The molecule has 1 fully saturated rings. The SMILES string of the molecule is COCCCCCCCCCCCCCCC/C=C1/CC(CO)(COC(=O)C(C)(C)C)OC1=O. The number of rotatable bonds is 19. The summed E-state index contributed by atoms with van der Waals surface area (Å²) < 4.78 is 15.8. The molecule has 0 saturated carbocycles. The summed E-state index contributed by atoms with van der Waals surface area (Å²) in [6.07, 6.45) is 19.7. The van der Waals surface area contributed by atoms with Crippen molar-refractivity contribution in [1.82, 2.24) is 0 Å². The van der Waals surface area contributed by atoms with Crippen LogP contribution in [-0.2, 0) is 23.8 Å². The lowest BCUT2D eigenvalue weighted by molar-refractivity contribution is -0.171. The summed E-state index contributed by atoms with van der Waals surface area (Å²) in [6.45, 7) is 5.72. The molecule has 1 aliphatic heterocycles. The number of cyclic esters (lactones) is 1. The highest BCUT2D eigenvalue weighted by Gasteiger charge is 2.45. The van der Waals surface area contributed by atoms with E-state index in [0.29, 0.717) is 5.57 Å². The van der Waals surface area contributed by atoms with Crippen molar-refractivity contribution in [2.24, 2.45) is 5.41 Å². The van der Waals surface area contributed by atoms with E-state index in [1.807, 2.05) is 6.08 Å². The fraction of sp³-hybridized carbons (Fsp3) is 0.857. The van der Waals surface area contributed by atoms with Crippen LogP contribution in [0, 0.1) is 5.41 Å². The number of hydrogen-bond donors (Lipinski definition) is 1. The molecule has 0 bridgehead atoms. The molecule has 0 spiro atoms. The number of carbonyl (C=O) groups is 2. The average Bonchev–Trinajstić information content (AvgIpc) is 3.12. The van der Waals surface area contributed by atoms with Gasteiger partial charge < -0.3 is 19.3 Å². The zero-order valence-corrected chi connectivity index (χ0v) is 22.3. The molecule has 1 N–H and O–H groups in total. The van der Waals surface area contributed by atoms with Crippen LogP contribution in [0.2, 0.25) is 0 Å². The molecule has 198 valence electrons. The van der Waals surface area contributed by atoms with Crippen molar-refractivity contribution in [2.75, 3.05) is 26.9 Å². The number of methoxy groups -OCH3 is 1. The molecular formula is C28H50O6. The molecule has 0 aromatic heterocycles. The first-order valence-electron chi connectivity index (χ1n) is 13.4. The lowest BCUT2D eigenvalue weighted by Crippen LogP contribution is -2.40. The van der Waals surface area contributed by atoms with Gasteiger partial charge in [-0.25, -0.2) is 4.79 Å². The number of hydrogen-bond acceptors (Lipinski definition) is 6. The number of unbranched alkanes of at least 4 members (excludes halogenated alkanes) is 13. The summed E-state index contributed by atoms with van der Waals surface area (Å²) in [6, 6.07) is 0. The third-order valence-corrected chi connectivity index (χ3v) is 6.39. The average molecular weight is 483 g/mol. The van der Waals surface area contributed by atoms with E-state index in [4.69, 9.17) is 14.2 Å². The van der Waals surface area contributed by atoms with Gasteiger partial charge in [0.1, 0.15) is 6.61 Å². The Morgan fingerprint density at radius 1 is 0.941 bits per heavy atom. The molecule has 0 aromatic carbocycles. The Labute approximate surface area is 207 Å². The predicted octanol–water partition coefficient (Wildman–Crippen LogP) is 6.29. The van der Waals surface area contributed by atoms with Crippen molar-refractivity contribution in [1.29, 1.82) is 0 Å². The molecule has 1 aliphatic rings. The van der Waals surface area contributed by atoms with E-state index in [9.17, 15) is 14.7 Å². The minimum Gasteiger partial charge on any atom is -0.461 e. The van der Waals surface area contributed by atoms with Crippen molar-refractivity contribution in [3.63, 3.8) is 0 Å². The first-order valence-corrected chi connectivity index (χ1v) is 13.4. The fourth-order valence-corrected chi connectivity index (χ4v) is 4.11. The zero-order chi connectivity index (χ0) is 25.3. The normalized spacial score (nSPS) is 19.6. The van der Waals surface area contributed by atoms with Crippen LogP contribution in [0.5, 0.6) is 0 Å². The Kier molecular flexibility index (Phi) is 15.4. The Morgan fingerprint density at radius 3 is 1.91 bits per heavy atom. The minimum atomic E-state index is -1.15. The number of allylic oxidation sites excluding steroid dienone is 1. The van der Waals surface area contributed by atoms with Crippen LogP contribution in [-0.4, -0.2) is 49.6 Å². The van der Waals surface area contributed by atoms with E-state index in [2.05, 4.69) is 0 Å². The van der Waals surface area contributed by atoms with Crippen molar-refractivity contribution < 1.29 is 28.9 Å². The molecule has 6 heteroatoms. The van der Waals surface area contributed by atoms with Gasteiger partial charge in [-0.1, -0.05) is 76.7 Å². The van der Waals surface area contributed by atoms with Gasteiger partial charge in [0.2, 0.25) is 0 Å². The Morgan fingerprint density at radius 2 is 1.44 bits per heavy atom. The molecule has 6 nitrogen and oxygen atoms in total. The van der Waals surface area contributed by atoms with E-state index in [0.717, 1.165) is 25.9 Å². The van der Waals surface area contributed by atoms with E-state index < -0.39 is 17.0 Å². The summed E-state index contributed by atoms with van der Waals surface area (Å²) in [5, 5.41) is 9.78. The highest BCUT2D eigenvalue weighted by atomic mass is 16.6. The second-order valence-corrected chi connectivity index (χ2v) is 10.8. The van der Waals surface area contributed by atoms with E-state index in [1.165, 1.54) is 70.6 Å². The van der Waals surface area contributed by atoms with Gasteiger partial charge in [0.05, 0.1) is 12.0 Å². The lowest BCUT2D eigenvalue weighted by atomic mass is 9.96. The van der Waals surface area contributed by atoms with Gasteiger partial charge >= 0.3 is 11.9 Å². The molecule has 0 aliphatic carbocycles. The molecule has 1 unspecified atom stereocenters. The zero-order valence-electron chi connectivity index (χ0n) is 22.3. The van der Waals surface area contributed by atoms with Gasteiger partial charge in [-0.2, -0.15) is 0 Å². The number of carbonyl (C=O) groups excluding carboxylic acids is 2. The highest BCUT2D eigenvalue weighted by molar-refractivity contribution is 5.91. The maximum Gasteiger partial charge on any atom is 0.334 e. The van der Waals surface area contributed by atoms with Crippen molar-refractivity contribution in [3.05, 3.63) is 11.6 Å². The number of ether oxygens (including phenoxy) is 3. The van der Waals surface area contributed by atoms with Gasteiger partial charge in [0, 0.05) is 25.7 Å². The van der Waals surface area contributed by atoms with Crippen LogP contribution in [0.1, 0.15) is 117 Å². The summed E-state index contributed by atoms with van der Waals surface area (Å²) in [5.74, 6) is -0.779. The molecular weight excluding hydrogens is 432 g/mol. The standard InChI is InChI=1S/C28H50O6/c1-27(2,3)26(31)33-23-28(22-29)21-24(25(30)34-28)19-17-15-13-11-9-7-5-6-8-10-12-14-16-18-20-32-4/h19,29H,5-18,20-23H2,1-4H3/b24-19-. The Hall–Kier alpha value is -1.40.